The van der Waals surface area contributed by atoms with Gasteiger partial charge in [0.25, 0.3) is 0 Å². The molecule has 0 saturated heterocycles. The summed E-state index contributed by atoms with van der Waals surface area (Å²) in [4.78, 5) is 4.40. The number of hydrogen-bond donors (Lipinski definition) is 0. The average molecular weight is 648 g/mol. The average Bonchev–Trinajstić information content (AvgIpc) is 3.66. The van der Waals surface area contributed by atoms with Crippen molar-refractivity contribution in [3.63, 3.8) is 0 Å². The predicted molar refractivity (Wildman–Crippen MR) is 140 cm³/mol. The van der Waals surface area contributed by atoms with Gasteiger partial charge in [0.05, 0.1) is 5.69 Å². The van der Waals surface area contributed by atoms with E-state index in [0.717, 1.165) is 34.0 Å². The summed E-state index contributed by atoms with van der Waals surface area (Å²) in [6.07, 6.45) is 7.52. The van der Waals surface area contributed by atoms with E-state index in [1.807, 2.05) is 115 Å². The van der Waals surface area contributed by atoms with Gasteiger partial charge >= 0.3 is 0 Å². The van der Waals surface area contributed by atoms with Crippen LogP contribution in [-0.2, 0) is 34.2 Å². The summed E-state index contributed by atoms with van der Waals surface area (Å²) in [6, 6.07) is 36.9. The van der Waals surface area contributed by atoms with Crippen molar-refractivity contribution >= 4 is 0 Å². The fourth-order valence-electron chi connectivity index (χ4n) is 4.03. The summed E-state index contributed by atoms with van der Waals surface area (Å²) in [6.45, 7) is 0. The third kappa shape index (κ3) is 5.30. The third-order valence-corrected chi connectivity index (χ3v) is 5.72. The molecule has 0 aliphatic carbocycles. The monoisotopic (exact) mass is 648 g/mol. The first-order chi connectivity index (χ1) is 17.2. The topological polar surface area (TPSA) is 40.6 Å². The van der Waals surface area contributed by atoms with Gasteiger partial charge in [-0.05, 0) is 25.8 Å². The van der Waals surface area contributed by atoms with Crippen LogP contribution in [0.2, 0.25) is 0 Å². The molecule has 6 aromatic rings. The van der Waals surface area contributed by atoms with E-state index in [9.17, 15) is 0 Å². The van der Waals surface area contributed by atoms with E-state index >= 15 is 0 Å². The van der Waals surface area contributed by atoms with Crippen LogP contribution in [0.15, 0.2) is 116 Å². The molecule has 0 fully saturated rings. The van der Waals surface area contributed by atoms with Crippen LogP contribution in [0.3, 0.4) is 0 Å². The van der Waals surface area contributed by atoms with E-state index < -0.39 is 0 Å². The van der Waals surface area contributed by atoms with Crippen molar-refractivity contribution in [1.29, 1.82) is 0 Å². The maximum atomic E-state index is 4.40. The molecule has 0 spiro atoms. The Labute approximate surface area is 225 Å². The molecule has 1 radical (unpaired) electrons. The van der Waals surface area contributed by atoms with Crippen molar-refractivity contribution in [2.45, 2.75) is 0 Å². The molecule has 0 bridgehead atoms. The van der Waals surface area contributed by atoms with Gasteiger partial charge in [-0.15, -0.1) is 11.6 Å². The smallest absolute Gasteiger partial charge is 0.0715 e. The molecule has 5 nitrogen and oxygen atoms in total. The molecule has 6 rings (SSSR count). The third-order valence-electron chi connectivity index (χ3n) is 5.72. The van der Waals surface area contributed by atoms with Gasteiger partial charge in [0, 0.05) is 50.1 Å². The number of para-hydroxylation sites is 1. The van der Waals surface area contributed by atoms with E-state index in [2.05, 4.69) is 51.0 Å². The summed E-state index contributed by atoms with van der Waals surface area (Å²) >= 11 is 0. The molecule has 3 aromatic carbocycles. The van der Waals surface area contributed by atoms with Gasteiger partial charge < -0.3 is 14.1 Å². The van der Waals surface area contributed by atoms with Gasteiger partial charge in [-0.1, -0.05) is 78.1 Å². The zero-order chi connectivity index (χ0) is 24.0. The summed E-state index contributed by atoms with van der Waals surface area (Å²) in [5, 5.41) is 4.35. The zero-order valence-corrected chi connectivity index (χ0v) is 22.4. The first-order valence-corrected chi connectivity index (χ1v) is 11.4. The Kier molecular flexibility index (Phi) is 8.11. The molecule has 36 heavy (non-hydrogen) atoms. The van der Waals surface area contributed by atoms with Gasteiger partial charge in [0.15, 0.2) is 0 Å². The normalized spacial score (nSPS) is 10.3. The van der Waals surface area contributed by atoms with Crippen LogP contribution in [0.4, 0.5) is 0 Å². The largest absolute Gasteiger partial charge is 0.413 e. The van der Waals surface area contributed by atoms with Gasteiger partial charge in [-0.25, -0.2) is 0 Å². The number of nitrogens with zero attached hydrogens (tertiary/aromatic N) is 5. The molecule has 0 aliphatic rings. The van der Waals surface area contributed by atoms with Crippen LogP contribution in [0.25, 0.3) is 39.6 Å². The standard InChI is InChI=1S/C15H14N3.C15H11N2.Ir/c1-17-10-8-13(15-16-9-11-18(15)2)14(17)12-6-4-3-5-7-12;1-3-7-13(8-4-1)15-11-12-16-17(15)14-9-5-2-6-10-14;/h3-7,9-11H,1-2H3;1-9,11-12H;/q2*-1;. The summed E-state index contributed by atoms with van der Waals surface area (Å²) in [5.74, 6) is 0.939. The summed E-state index contributed by atoms with van der Waals surface area (Å²) < 4.78 is 5.99. The molecule has 0 aliphatic heterocycles. The Hall–Kier alpha value is -3.99. The summed E-state index contributed by atoms with van der Waals surface area (Å²) in [5.41, 5.74) is 6.55. The number of hydrogen-bond acceptors (Lipinski definition) is 2. The molecule has 0 amide bonds. The van der Waals surface area contributed by atoms with Crippen LogP contribution in [0.1, 0.15) is 0 Å². The Bertz CT molecular complexity index is 1450. The molecule has 0 atom stereocenters. The molecule has 0 N–H and O–H groups in total. The Morgan fingerprint density at radius 2 is 1.39 bits per heavy atom. The SMILES string of the molecule is Cn1ccnc1-c1[c-]cn(C)c1-c1ccccc1.[Ir].[c-]1ccccc1-n1nccc1-c1ccccc1. The van der Waals surface area contributed by atoms with Crippen LogP contribution in [0, 0.1) is 12.1 Å². The van der Waals surface area contributed by atoms with Gasteiger partial charge in [0.1, 0.15) is 0 Å². The number of benzene rings is 3. The molecule has 0 saturated carbocycles. The minimum atomic E-state index is 0. The Balaban J connectivity index is 0.000000165. The second-order valence-electron chi connectivity index (χ2n) is 8.08. The first kappa shape index (κ1) is 25.1. The van der Waals surface area contributed by atoms with Crippen molar-refractivity contribution in [3.05, 3.63) is 128 Å². The molecule has 6 heteroatoms. The van der Waals surface area contributed by atoms with Crippen molar-refractivity contribution in [2.75, 3.05) is 0 Å². The van der Waals surface area contributed by atoms with E-state index in [1.54, 1.807) is 0 Å². The predicted octanol–water partition coefficient (Wildman–Crippen LogP) is 6.23. The molecule has 0 unspecified atom stereocenters. The van der Waals surface area contributed by atoms with E-state index in [-0.39, 0.29) is 20.1 Å². The van der Waals surface area contributed by atoms with E-state index in [0.29, 0.717) is 0 Å². The molecule has 181 valence electrons. The molecule has 3 heterocycles. The zero-order valence-electron chi connectivity index (χ0n) is 20.0. The van der Waals surface area contributed by atoms with Crippen molar-refractivity contribution in [2.24, 2.45) is 14.1 Å². The van der Waals surface area contributed by atoms with Crippen molar-refractivity contribution in [3.8, 4) is 39.6 Å². The Morgan fingerprint density at radius 3 is 2.03 bits per heavy atom. The number of aromatic nitrogens is 5. The quantitative estimate of drug-likeness (QED) is 0.213. The number of aryl methyl sites for hydroxylation is 2. The maximum absolute atomic E-state index is 4.40. The fraction of sp³-hybridized carbons (Fsp3) is 0.0667. The van der Waals surface area contributed by atoms with E-state index in [1.165, 1.54) is 5.56 Å². The van der Waals surface area contributed by atoms with Crippen LogP contribution in [0.5, 0.6) is 0 Å². The first-order valence-electron chi connectivity index (χ1n) is 11.4. The summed E-state index contributed by atoms with van der Waals surface area (Å²) in [7, 11) is 4.03. The fourth-order valence-corrected chi connectivity index (χ4v) is 4.03. The number of imidazole rings is 1. The second kappa shape index (κ2) is 11.6. The van der Waals surface area contributed by atoms with Crippen LogP contribution < -0.4 is 0 Å². The molecular weight excluding hydrogens is 623 g/mol. The van der Waals surface area contributed by atoms with Crippen LogP contribution in [-0.4, -0.2) is 23.9 Å². The maximum Gasteiger partial charge on any atom is 0.0715 e. The van der Waals surface area contributed by atoms with Crippen molar-refractivity contribution in [1.82, 2.24) is 23.9 Å². The van der Waals surface area contributed by atoms with Crippen LogP contribution >= 0.6 is 0 Å². The molecular formula is C30H25IrN5-2. The van der Waals surface area contributed by atoms with Gasteiger partial charge in [-0.2, -0.15) is 35.4 Å². The van der Waals surface area contributed by atoms with Gasteiger partial charge in [0.2, 0.25) is 0 Å². The Morgan fingerprint density at radius 1 is 0.694 bits per heavy atom. The minimum absolute atomic E-state index is 0. The molecule has 3 aromatic heterocycles. The van der Waals surface area contributed by atoms with E-state index in [4.69, 9.17) is 0 Å². The minimum Gasteiger partial charge on any atom is -0.413 e. The number of rotatable bonds is 4. The van der Waals surface area contributed by atoms with Crippen molar-refractivity contribution < 1.29 is 20.1 Å². The second-order valence-corrected chi connectivity index (χ2v) is 8.08. The van der Waals surface area contributed by atoms with Gasteiger partial charge in [-0.3, -0.25) is 4.68 Å².